The van der Waals surface area contributed by atoms with Crippen molar-refractivity contribution in [3.05, 3.63) is 58.6 Å². The minimum Gasteiger partial charge on any atom is -0.507 e. The number of aryl methyl sites for hydroxylation is 2. The van der Waals surface area contributed by atoms with Gasteiger partial charge >= 0.3 is 0 Å². The highest BCUT2D eigenvalue weighted by Crippen LogP contribution is 2.44. The summed E-state index contributed by atoms with van der Waals surface area (Å²) in [6.45, 7) is 3.65. The molecule has 6 nitrogen and oxygen atoms in total. The number of carbonyl (C=O) groups is 2. The SMILES string of the molecule is COc1ccc(/C(O)=C2/C(=O)C(=O)N(C3CCCC3)C2c2ccc(C)o2)c(C)c1. The number of hydrogen-bond donors (Lipinski definition) is 1. The number of aliphatic hydroxyl groups is 1. The number of amides is 1. The smallest absolute Gasteiger partial charge is 0.296 e. The molecule has 2 fully saturated rings. The molecule has 1 aromatic heterocycles. The molecule has 0 spiro atoms. The maximum absolute atomic E-state index is 13.0. The fraction of sp³-hybridized carbons (Fsp3) is 0.391. The molecule has 1 unspecified atom stereocenters. The fourth-order valence-corrected chi connectivity index (χ4v) is 4.46. The molecule has 1 saturated carbocycles. The predicted molar refractivity (Wildman–Crippen MR) is 108 cm³/mol. The summed E-state index contributed by atoms with van der Waals surface area (Å²) in [5.41, 5.74) is 1.34. The fourth-order valence-electron chi connectivity index (χ4n) is 4.46. The van der Waals surface area contributed by atoms with Crippen molar-refractivity contribution < 1.29 is 23.8 Å². The normalized spacial score (nSPS) is 21.9. The van der Waals surface area contributed by atoms with Crippen LogP contribution in [0.15, 0.2) is 40.3 Å². The van der Waals surface area contributed by atoms with Crippen LogP contribution in [0.3, 0.4) is 0 Å². The molecule has 2 aliphatic rings. The topological polar surface area (TPSA) is 80.0 Å². The molecule has 4 rings (SSSR count). The Bertz CT molecular complexity index is 996. The number of benzene rings is 1. The van der Waals surface area contributed by atoms with Gasteiger partial charge in [-0.3, -0.25) is 9.59 Å². The van der Waals surface area contributed by atoms with Crippen LogP contribution < -0.4 is 4.74 Å². The van der Waals surface area contributed by atoms with E-state index >= 15 is 0 Å². The van der Waals surface area contributed by atoms with Crippen molar-refractivity contribution in [1.82, 2.24) is 4.90 Å². The molecule has 1 aliphatic heterocycles. The minimum atomic E-state index is -0.715. The number of ether oxygens (including phenoxy) is 1. The number of likely N-dealkylation sites (tertiary alicyclic amines) is 1. The summed E-state index contributed by atoms with van der Waals surface area (Å²) in [5.74, 6) is 0.443. The second kappa shape index (κ2) is 7.43. The van der Waals surface area contributed by atoms with Gasteiger partial charge in [0.25, 0.3) is 11.7 Å². The van der Waals surface area contributed by atoms with E-state index in [1.54, 1.807) is 36.3 Å². The first-order valence-electron chi connectivity index (χ1n) is 9.94. The van der Waals surface area contributed by atoms with Crippen LogP contribution in [-0.2, 0) is 9.59 Å². The third kappa shape index (κ3) is 3.22. The van der Waals surface area contributed by atoms with Gasteiger partial charge in [-0.25, -0.2) is 0 Å². The number of rotatable bonds is 4. The molecule has 2 aromatic rings. The van der Waals surface area contributed by atoms with Crippen molar-refractivity contribution in [2.75, 3.05) is 7.11 Å². The van der Waals surface area contributed by atoms with Crippen molar-refractivity contribution in [3.63, 3.8) is 0 Å². The van der Waals surface area contributed by atoms with Crippen molar-refractivity contribution in [2.45, 2.75) is 51.6 Å². The van der Waals surface area contributed by atoms with E-state index in [1.165, 1.54) is 0 Å². The van der Waals surface area contributed by atoms with Crippen LogP contribution in [0.25, 0.3) is 5.76 Å². The molecule has 1 amide bonds. The quantitative estimate of drug-likeness (QED) is 0.475. The van der Waals surface area contributed by atoms with Crippen LogP contribution >= 0.6 is 0 Å². The third-order valence-electron chi connectivity index (χ3n) is 5.92. The highest BCUT2D eigenvalue weighted by molar-refractivity contribution is 6.46. The molecule has 1 atom stereocenters. The summed E-state index contributed by atoms with van der Waals surface area (Å²) >= 11 is 0. The number of aliphatic hydroxyl groups excluding tert-OH is 1. The maximum atomic E-state index is 13.0. The molecule has 1 aliphatic carbocycles. The number of hydrogen-bond acceptors (Lipinski definition) is 5. The lowest BCUT2D eigenvalue weighted by Gasteiger charge is -2.29. The Balaban J connectivity index is 1.88. The molecular weight excluding hydrogens is 370 g/mol. The Kier molecular flexibility index (Phi) is 4.94. The summed E-state index contributed by atoms with van der Waals surface area (Å²) in [4.78, 5) is 27.6. The molecular formula is C23H25NO5. The Labute approximate surface area is 169 Å². The van der Waals surface area contributed by atoms with Gasteiger partial charge in [0.05, 0.1) is 12.7 Å². The van der Waals surface area contributed by atoms with E-state index in [-0.39, 0.29) is 17.4 Å². The lowest BCUT2D eigenvalue weighted by atomic mass is 9.96. The van der Waals surface area contributed by atoms with Gasteiger partial charge in [-0.1, -0.05) is 12.8 Å². The van der Waals surface area contributed by atoms with Gasteiger partial charge in [-0.2, -0.15) is 0 Å². The number of carbonyl (C=O) groups excluding carboxylic acids is 2. The maximum Gasteiger partial charge on any atom is 0.296 e. The molecule has 0 radical (unpaired) electrons. The Morgan fingerprint density at radius 1 is 1.14 bits per heavy atom. The molecule has 2 heterocycles. The number of nitrogens with zero attached hydrogens (tertiary/aromatic N) is 1. The molecule has 1 aromatic carbocycles. The van der Waals surface area contributed by atoms with Gasteiger partial charge < -0.3 is 19.2 Å². The van der Waals surface area contributed by atoms with Crippen LogP contribution in [0.4, 0.5) is 0 Å². The zero-order valence-electron chi connectivity index (χ0n) is 16.9. The Hall–Kier alpha value is -3.02. The van der Waals surface area contributed by atoms with Crippen molar-refractivity contribution in [1.29, 1.82) is 0 Å². The van der Waals surface area contributed by atoms with E-state index in [0.29, 0.717) is 22.8 Å². The van der Waals surface area contributed by atoms with E-state index in [9.17, 15) is 14.7 Å². The second-order valence-electron chi connectivity index (χ2n) is 7.77. The average molecular weight is 395 g/mol. The number of Topliss-reactive ketones (excluding diaryl/α,β-unsaturated/α-hetero) is 1. The van der Waals surface area contributed by atoms with Gasteiger partial charge in [-0.05, 0) is 62.6 Å². The van der Waals surface area contributed by atoms with Crippen molar-refractivity contribution in [2.24, 2.45) is 0 Å². The van der Waals surface area contributed by atoms with Crippen LogP contribution in [0.2, 0.25) is 0 Å². The van der Waals surface area contributed by atoms with Crippen molar-refractivity contribution >= 4 is 17.4 Å². The zero-order chi connectivity index (χ0) is 20.7. The summed E-state index contributed by atoms with van der Waals surface area (Å²) in [6.07, 6.45) is 3.75. The van der Waals surface area contributed by atoms with Gasteiger partial charge in [0, 0.05) is 11.6 Å². The number of methoxy groups -OCH3 is 1. The average Bonchev–Trinajstić information content (AvgIpc) is 3.42. The Morgan fingerprint density at radius 2 is 1.86 bits per heavy atom. The number of ketones is 1. The number of furan rings is 1. The Morgan fingerprint density at radius 3 is 2.45 bits per heavy atom. The highest BCUT2D eigenvalue weighted by Gasteiger charge is 2.50. The molecule has 0 bridgehead atoms. The van der Waals surface area contributed by atoms with Gasteiger partial charge in [0.1, 0.15) is 29.1 Å². The highest BCUT2D eigenvalue weighted by atomic mass is 16.5. The minimum absolute atomic E-state index is 0.0240. The molecule has 1 N–H and O–H groups in total. The summed E-state index contributed by atoms with van der Waals surface area (Å²) < 4.78 is 11.1. The van der Waals surface area contributed by atoms with Gasteiger partial charge in [0.2, 0.25) is 0 Å². The van der Waals surface area contributed by atoms with Crippen LogP contribution in [0.1, 0.15) is 54.4 Å². The van der Waals surface area contributed by atoms with E-state index in [4.69, 9.17) is 9.15 Å². The zero-order valence-corrected chi connectivity index (χ0v) is 16.9. The van der Waals surface area contributed by atoms with Crippen LogP contribution in [0, 0.1) is 13.8 Å². The summed E-state index contributed by atoms with van der Waals surface area (Å²) in [5, 5.41) is 11.1. The largest absolute Gasteiger partial charge is 0.507 e. The standard InChI is InChI=1S/C23H25NO5/c1-13-12-16(28-3)9-10-17(13)21(25)19-20(18-11-8-14(2)29-18)24(23(27)22(19)26)15-6-4-5-7-15/h8-12,15,20,25H,4-7H2,1-3H3/b21-19-. The van der Waals surface area contributed by atoms with E-state index in [1.807, 2.05) is 19.9 Å². The van der Waals surface area contributed by atoms with E-state index in [0.717, 1.165) is 31.2 Å². The monoisotopic (exact) mass is 395 g/mol. The lowest BCUT2D eigenvalue weighted by molar-refractivity contribution is -0.141. The molecule has 6 heteroatoms. The van der Waals surface area contributed by atoms with Crippen LogP contribution in [-0.4, -0.2) is 34.8 Å². The van der Waals surface area contributed by atoms with Gasteiger partial charge in [-0.15, -0.1) is 0 Å². The van der Waals surface area contributed by atoms with E-state index < -0.39 is 17.7 Å². The lowest BCUT2D eigenvalue weighted by Crippen LogP contribution is -2.37. The van der Waals surface area contributed by atoms with Crippen LogP contribution in [0.5, 0.6) is 5.75 Å². The van der Waals surface area contributed by atoms with Gasteiger partial charge in [0.15, 0.2) is 0 Å². The third-order valence-corrected chi connectivity index (χ3v) is 5.92. The predicted octanol–water partition coefficient (Wildman–Crippen LogP) is 4.27. The van der Waals surface area contributed by atoms with Crippen molar-refractivity contribution in [3.8, 4) is 5.75 Å². The molecule has 152 valence electrons. The molecule has 1 saturated heterocycles. The first kappa shape index (κ1) is 19.3. The first-order valence-corrected chi connectivity index (χ1v) is 9.94. The molecule has 29 heavy (non-hydrogen) atoms. The summed E-state index contributed by atoms with van der Waals surface area (Å²) in [7, 11) is 1.57. The first-order chi connectivity index (χ1) is 13.9. The second-order valence-corrected chi connectivity index (χ2v) is 7.77. The summed E-state index contributed by atoms with van der Waals surface area (Å²) in [6, 6.07) is 8.06. The van der Waals surface area contributed by atoms with E-state index in [2.05, 4.69) is 0 Å².